The summed E-state index contributed by atoms with van der Waals surface area (Å²) in [6.45, 7) is 29.7. The molecule has 34 heavy (non-hydrogen) atoms. The zero-order valence-corrected chi connectivity index (χ0v) is 24.5. The molecular weight excluding hydrogens is 414 g/mol. The van der Waals surface area contributed by atoms with Gasteiger partial charge in [-0.15, -0.1) is 0 Å². The lowest BCUT2D eigenvalue weighted by molar-refractivity contribution is 0.0223. The zero-order chi connectivity index (χ0) is 26.7. The van der Waals surface area contributed by atoms with Crippen LogP contribution in [-0.4, -0.2) is 17.5 Å². The van der Waals surface area contributed by atoms with E-state index < -0.39 is 0 Å². The predicted octanol–water partition coefficient (Wildman–Crippen LogP) is 8.98. The molecule has 1 aliphatic carbocycles. The number of nitrogens with two attached hydrogens (primary N) is 1. The lowest BCUT2D eigenvalue weighted by Crippen LogP contribution is -2.40. The van der Waals surface area contributed by atoms with Crippen LogP contribution in [0.2, 0.25) is 0 Å². The highest BCUT2D eigenvalue weighted by Crippen LogP contribution is 2.53. The minimum absolute atomic E-state index is 0.0203. The van der Waals surface area contributed by atoms with Crippen molar-refractivity contribution in [1.82, 2.24) is 0 Å². The van der Waals surface area contributed by atoms with E-state index in [9.17, 15) is 0 Å². The minimum atomic E-state index is -0.0203. The monoisotopic (exact) mass is 471 g/mol. The van der Waals surface area contributed by atoms with Crippen LogP contribution in [0, 0.1) is 44.3 Å². The summed E-state index contributed by atoms with van der Waals surface area (Å²) in [5.41, 5.74) is 10.9. The highest BCUT2D eigenvalue weighted by Gasteiger charge is 2.44. The normalized spacial score (nSPS) is 20.9. The third-order valence-electron chi connectivity index (χ3n) is 9.29. The first-order valence-corrected chi connectivity index (χ1v) is 13.4. The van der Waals surface area contributed by atoms with Crippen LogP contribution in [0.5, 0.6) is 0 Å². The van der Waals surface area contributed by atoms with Gasteiger partial charge in [-0.1, -0.05) is 86.1 Å². The van der Waals surface area contributed by atoms with Crippen molar-refractivity contribution >= 4 is 11.4 Å². The molecule has 0 spiro atoms. The van der Waals surface area contributed by atoms with Gasteiger partial charge in [0.05, 0.1) is 0 Å². The summed E-state index contributed by atoms with van der Waals surface area (Å²) < 4.78 is 0. The lowest BCUT2D eigenvalue weighted by Gasteiger charge is -2.50. The van der Waals surface area contributed by atoms with Gasteiger partial charge in [-0.3, -0.25) is 0 Å². The van der Waals surface area contributed by atoms with E-state index in [0.717, 1.165) is 56.4 Å². The fourth-order valence-electron chi connectivity index (χ4n) is 5.28. The number of hydrogen-bond donors (Lipinski definition) is 3. The van der Waals surface area contributed by atoms with Crippen LogP contribution < -0.4 is 5.73 Å². The van der Waals surface area contributed by atoms with Crippen molar-refractivity contribution in [2.75, 3.05) is 0 Å². The number of nitrogens with one attached hydrogen (secondary N) is 2. The van der Waals surface area contributed by atoms with Crippen LogP contribution in [0.1, 0.15) is 121 Å². The second-order valence-corrected chi connectivity index (χ2v) is 14.4. The van der Waals surface area contributed by atoms with Gasteiger partial charge in [0.25, 0.3) is 0 Å². The third-order valence-corrected chi connectivity index (χ3v) is 9.29. The summed E-state index contributed by atoms with van der Waals surface area (Å²) in [6.07, 6.45) is 9.00. The van der Waals surface area contributed by atoms with Crippen molar-refractivity contribution in [2.45, 2.75) is 127 Å². The van der Waals surface area contributed by atoms with Gasteiger partial charge < -0.3 is 16.6 Å². The van der Waals surface area contributed by atoms with E-state index in [1.165, 1.54) is 11.1 Å². The van der Waals surface area contributed by atoms with Crippen molar-refractivity contribution in [2.24, 2.45) is 39.2 Å². The van der Waals surface area contributed by atoms with E-state index in [0.29, 0.717) is 0 Å². The summed E-state index contributed by atoms with van der Waals surface area (Å²) in [4.78, 5) is 0. The molecule has 1 saturated carbocycles. The van der Waals surface area contributed by atoms with Crippen LogP contribution in [0.15, 0.2) is 23.8 Å². The molecular formula is C31H57N3. The Morgan fingerprint density at radius 2 is 1.62 bits per heavy atom. The minimum Gasteiger partial charge on any atom is -0.328 e. The maximum Gasteiger partial charge on any atom is 0.0130 e. The molecule has 0 aromatic carbocycles. The summed E-state index contributed by atoms with van der Waals surface area (Å²) >= 11 is 0. The molecule has 0 radical (unpaired) electrons. The van der Waals surface area contributed by atoms with Crippen LogP contribution in [0.4, 0.5) is 0 Å². The summed E-state index contributed by atoms with van der Waals surface area (Å²) in [5.74, 6) is 0.413. The lowest BCUT2D eigenvalue weighted by atomic mass is 9.55. The molecule has 196 valence electrons. The van der Waals surface area contributed by atoms with Gasteiger partial charge in [0, 0.05) is 29.3 Å². The maximum atomic E-state index is 8.62. The van der Waals surface area contributed by atoms with Gasteiger partial charge in [-0.25, -0.2) is 0 Å². The average Bonchev–Trinajstić information content (AvgIpc) is 2.61. The second kappa shape index (κ2) is 11.2. The van der Waals surface area contributed by atoms with Crippen LogP contribution in [-0.2, 0) is 0 Å². The standard InChI is InChI=1S/C31H57N3/c1-21-13-14-27(34)26(15-21)18-24(17-25(23(3)33)16-22(2)32)19-29(7,8)31(11,12)20-30(9,10)28(4,5)6/h19,22,25-26,33-34H,1,13-18,20,32H2,2-12H3/b24-19+,33-23?,34-27?. The smallest absolute Gasteiger partial charge is 0.0130 e. The fourth-order valence-corrected chi connectivity index (χ4v) is 5.28. The van der Waals surface area contributed by atoms with E-state index in [-0.39, 0.29) is 39.5 Å². The van der Waals surface area contributed by atoms with Crippen molar-refractivity contribution in [3.8, 4) is 0 Å². The summed E-state index contributed by atoms with van der Waals surface area (Å²) in [7, 11) is 0. The Labute approximate surface area is 212 Å². The highest BCUT2D eigenvalue weighted by molar-refractivity contribution is 5.85. The van der Waals surface area contributed by atoms with Crippen molar-refractivity contribution in [3.05, 3.63) is 23.8 Å². The molecule has 3 atom stereocenters. The zero-order valence-electron chi connectivity index (χ0n) is 24.5. The van der Waals surface area contributed by atoms with Gasteiger partial charge in [-0.05, 0) is 80.5 Å². The Balaban J connectivity index is 3.38. The Morgan fingerprint density at radius 3 is 2.09 bits per heavy atom. The molecule has 3 nitrogen and oxygen atoms in total. The molecule has 0 aromatic heterocycles. The Morgan fingerprint density at radius 1 is 1.06 bits per heavy atom. The van der Waals surface area contributed by atoms with Gasteiger partial charge in [0.2, 0.25) is 0 Å². The van der Waals surface area contributed by atoms with Gasteiger partial charge in [0.1, 0.15) is 0 Å². The second-order valence-electron chi connectivity index (χ2n) is 14.4. The van der Waals surface area contributed by atoms with Crippen molar-refractivity contribution in [1.29, 1.82) is 10.8 Å². The maximum absolute atomic E-state index is 8.62. The van der Waals surface area contributed by atoms with E-state index in [2.05, 4.69) is 75.0 Å². The van der Waals surface area contributed by atoms with Gasteiger partial charge in [0.15, 0.2) is 0 Å². The number of rotatable bonds is 11. The summed E-state index contributed by atoms with van der Waals surface area (Å²) in [6, 6.07) is 0.0799. The molecule has 0 heterocycles. The quantitative estimate of drug-likeness (QED) is 0.204. The fraction of sp³-hybridized carbons (Fsp3) is 0.806. The first kappa shape index (κ1) is 30.8. The van der Waals surface area contributed by atoms with E-state index in [1.807, 2.05) is 13.8 Å². The van der Waals surface area contributed by atoms with E-state index in [1.54, 1.807) is 0 Å². The molecule has 3 unspecified atom stereocenters. The van der Waals surface area contributed by atoms with E-state index in [4.69, 9.17) is 16.6 Å². The number of allylic oxidation sites excluding steroid dienone is 3. The third kappa shape index (κ3) is 8.47. The highest BCUT2D eigenvalue weighted by atomic mass is 14.6. The van der Waals surface area contributed by atoms with Gasteiger partial charge in [-0.2, -0.15) is 0 Å². The van der Waals surface area contributed by atoms with Crippen LogP contribution in [0.25, 0.3) is 0 Å². The molecule has 0 bridgehead atoms. The van der Waals surface area contributed by atoms with Crippen LogP contribution in [0.3, 0.4) is 0 Å². The molecule has 0 amide bonds. The Kier molecular flexibility index (Phi) is 10.2. The van der Waals surface area contributed by atoms with E-state index >= 15 is 0 Å². The van der Waals surface area contributed by atoms with Gasteiger partial charge >= 0.3 is 0 Å². The van der Waals surface area contributed by atoms with Crippen molar-refractivity contribution < 1.29 is 0 Å². The van der Waals surface area contributed by atoms with Crippen LogP contribution >= 0.6 is 0 Å². The molecule has 1 fully saturated rings. The SMILES string of the molecule is C=C1CCC(=N)C(C/C(=C/C(C)(C)C(C)(C)CC(C)(C)C(C)(C)C)CC(CC(C)N)C(C)=N)C1. The average molecular weight is 472 g/mol. The molecule has 1 rings (SSSR count). The first-order chi connectivity index (χ1) is 15.2. The van der Waals surface area contributed by atoms with Crippen molar-refractivity contribution in [3.63, 3.8) is 0 Å². The molecule has 3 heteroatoms. The molecule has 0 aliphatic heterocycles. The summed E-state index contributed by atoms with van der Waals surface area (Å²) in [5, 5.41) is 17.1. The predicted molar refractivity (Wildman–Crippen MR) is 152 cm³/mol. The molecule has 0 saturated heterocycles. The molecule has 1 aliphatic rings. The topological polar surface area (TPSA) is 73.7 Å². The number of hydrogen-bond acceptors (Lipinski definition) is 3. The molecule has 4 N–H and O–H groups in total. The molecule has 0 aromatic rings. The Hall–Kier alpha value is -1.22. The first-order valence-electron chi connectivity index (χ1n) is 13.4. The largest absolute Gasteiger partial charge is 0.328 e. The Bertz CT molecular complexity index is 771.